The zero-order chi connectivity index (χ0) is 12.3. The SMILES string of the molecule is NCC(c1cccnc1)C(O)c1ccc(Br)s1. The van der Waals surface area contributed by atoms with Crippen molar-refractivity contribution in [1.82, 2.24) is 4.98 Å². The average molecular weight is 313 g/mol. The van der Waals surface area contributed by atoms with Crippen LogP contribution in [0.15, 0.2) is 40.4 Å². The summed E-state index contributed by atoms with van der Waals surface area (Å²) in [7, 11) is 0. The standard InChI is InChI=1S/C12H13BrN2OS/c13-11-4-3-10(17-11)12(16)9(6-14)8-2-1-5-15-7-8/h1-5,7,9,12,16H,6,14H2. The van der Waals surface area contributed by atoms with Gasteiger partial charge in [0.2, 0.25) is 0 Å². The van der Waals surface area contributed by atoms with E-state index in [9.17, 15) is 5.11 Å². The van der Waals surface area contributed by atoms with Crippen LogP contribution in [0.5, 0.6) is 0 Å². The molecule has 0 saturated carbocycles. The molecular formula is C12H13BrN2OS. The lowest BCUT2D eigenvalue weighted by Crippen LogP contribution is -2.19. The normalized spacial score (nSPS) is 14.5. The Balaban J connectivity index is 2.25. The molecule has 2 atom stereocenters. The Bertz CT molecular complexity index is 474. The van der Waals surface area contributed by atoms with Crippen LogP contribution in [0.3, 0.4) is 0 Å². The van der Waals surface area contributed by atoms with Gasteiger partial charge in [-0.05, 0) is 39.7 Å². The van der Waals surface area contributed by atoms with Crippen LogP contribution in [0.2, 0.25) is 0 Å². The van der Waals surface area contributed by atoms with Gasteiger partial charge in [-0.15, -0.1) is 11.3 Å². The highest BCUT2D eigenvalue weighted by Gasteiger charge is 2.22. The monoisotopic (exact) mass is 312 g/mol. The Labute approximate surface area is 112 Å². The summed E-state index contributed by atoms with van der Waals surface area (Å²) in [5.74, 6) is -0.116. The fourth-order valence-corrected chi connectivity index (χ4v) is 3.20. The molecule has 0 fully saturated rings. The van der Waals surface area contributed by atoms with Crippen LogP contribution < -0.4 is 5.73 Å². The van der Waals surface area contributed by atoms with Crippen molar-refractivity contribution in [2.75, 3.05) is 6.54 Å². The summed E-state index contributed by atoms with van der Waals surface area (Å²) >= 11 is 4.92. The van der Waals surface area contributed by atoms with Gasteiger partial charge < -0.3 is 10.8 Å². The first kappa shape index (κ1) is 12.7. The highest BCUT2D eigenvalue weighted by molar-refractivity contribution is 9.11. The van der Waals surface area contributed by atoms with Gasteiger partial charge in [0.1, 0.15) is 0 Å². The molecule has 2 aromatic rings. The van der Waals surface area contributed by atoms with Crippen molar-refractivity contribution in [2.24, 2.45) is 5.73 Å². The van der Waals surface area contributed by atoms with Crippen molar-refractivity contribution >= 4 is 27.3 Å². The maximum Gasteiger partial charge on any atom is 0.0963 e. The van der Waals surface area contributed by atoms with Crippen LogP contribution in [0.1, 0.15) is 22.5 Å². The van der Waals surface area contributed by atoms with Crippen LogP contribution in [-0.2, 0) is 0 Å². The van der Waals surface area contributed by atoms with E-state index in [0.717, 1.165) is 14.2 Å². The molecule has 2 heterocycles. The number of aliphatic hydroxyl groups excluding tert-OH is 1. The molecule has 17 heavy (non-hydrogen) atoms. The highest BCUT2D eigenvalue weighted by atomic mass is 79.9. The van der Waals surface area contributed by atoms with Crippen molar-refractivity contribution in [2.45, 2.75) is 12.0 Å². The molecule has 0 aliphatic heterocycles. The second kappa shape index (κ2) is 5.73. The number of hydrogen-bond donors (Lipinski definition) is 2. The summed E-state index contributed by atoms with van der Waals surface area (Å²) in [4.78, 5) is 4.98. The van der Waals surface area contributed by atoms with Gasteiger partial charge in [0.05, 0.1) is 9.89 Å². The second-order valence-corrected chi connectivity index (χ2v) is 6.21. The molecule has 3 N–H and O–H groups in total. The maximum absolute atomic E-state index is 10.3. The number of pyridine rings is 1. The van der Waals surface area contributed by atoms with E-state index in [1.165, 1.54) is 11.3 Å². The maximum atomic E-state index is 10.3. The topological polar surface area (TPSA) is 59.1 Å². The van der Waals surface area contributed by atoms with E-state index in [0.29, 0.717) is 6.54 Å². The molecule has 0 spiro atoms. The smallest absolute Gasteiger partial charge is 0.0963 e. The summed E-state index contributed by atoms with van der Waals surface area (Å²) in [6.45, 7) is 0.391. The van der Waals surface area contributed by atoms with Crippen molar-refractivity contribution in [3.8, 4) is 0 Å². The van der Waals surface area contributed by atoms with Gasteiger partial charge in [-0.3, -0.25) is 4.98 Å². The van der Waals surface area contributed by atoms with Crippen LogP contribution in [0.4, 0.5) is 0 Å². The number of nitrogens with zero attached hydrogens (tertiary/aromatic N) is 1. The molecule has 0 bridgehead atoms. The summed E-state index contributed by atoms with van der Waals surface area (Å²) in [6.07, 6.45) is 2.88. The van der Waals surface area contributed by atoms with Gasteiger partial charge in [-0.2, -0.15) is 0 Å². The predicted octanol–water partition coefficient (Wildman–Crippen LogP) is 2.68. The minimum absolute atomic E-state index is 0.116. The van der Waals surface area contributed by atoms with E-state index in [-0.39, 0.29) is 5.92 Å². The van der Waals surface area contributed by atoms with E-state index in [1.807, 2.05) is 24.3 Å². The van der Waals surface area contributed by atoms with Gasteiger partial charge in [-0.1, -0.05) is 6.07 Å². The van der Waals surface area contributed by atoms with Gasteiger partial charge in [0, 0.05) is 29.7 Å². The molecule has 2 aromatic heterocycles. The zero-order valence-corrected chi connectivity index (χ0v) is 11.5. The Morgan fingerprint density at radius 3 is 2.76 bits per heavy atom. The van der Waals surface area contributed by atoms with Crippen LogP contribution in [0, 0.1) is 0 Å². The largest absolute Gasteiger partial charge is 0.387 e. The lowest BCUT2D eigenvalue weighted by Gasteiger charge is -2.20. The molecule has 0 radical (unpaired) electrons. The number of aliphatic hydroxyl groups is 1. The van der Waals surface area contributed by atoms with Gasteiger partial charge in [-0.25, -0.2) is 0 Å². The summed E-state index contributed by atoms with van der Waals surface area (Å²) in [5, 5.41) is 10.3. The van der Waals surface area contributed by atoms with Crippen molar-refractivity contribution in [1.29, 1.82) is 0 Å². The molecule has 90 valence electrons. The first-order chi connectivity index (χ1) is 8.22. The minimum Gasteiger partial charge on any atom is -0.387 e. The fraction of sp³-hybridized carbons (Fsp3) is 0.250. The van der Waals surface area contributed by atoms with Crippen molar-refractivity contribution in [3.63, 3.8) is 0 Å². The van der Waals surface area contributed by atoms with E-state index in [2.05, 4.69) is 20.9 Å². The summed E-state index contributed by atoms with van der Waals surface area (Å²) < 4.78 is 1.01. The quantitative estimate of drug-likeness (QED) is 0.912. The Morgan fingerprint density at radius 2 is 2.24 bits per heavy atom. The predicted molar refractivity (Wildman–Crippen MR) is 73.0 cm³/mol. The molecule has 3 nitrogen and oxygen atoms in total. The van der Waals surface area contributed by atoms with Gasteiger partial charge in [0.15, 0.2) is 0 Å². The Morgan fingerprint density at radius 1 is 1.41 bits per heavy atom. The van der Waals surface area contributed by atoms with Crippen LogP contribution >= 0.6 is 27.3 Å². The third-order valence-corrected chi connectivity index (χ3v) is 4.33. The minimum atomic E-state index is -0.583. The molecule has 2 unspecified atom stereocenters. The first-order valence-electron chi connectivity index (χ1n) is 5.25. The summed E-state index contributed by atoms with van der Waals surface area (Å²) in [5.41, 5.74) is 6.72. The average Bonchev–Trinajstić information content (AvgIpc) is 2.78. The molecule has 2 rings (SSSR count). The molecular weight excluding hydrogens is 300 g/mol. The van der Waals surface area contributed by atoms with Gasteiger partial charge in [0.25, 0.3) is 0 Å². The number of nitrogens with two attached hydrogens (primary N) is 1. The lowest BCUT2D eigenvalue weighted by molar-refractivity contribution is 0.151. The van der Waals surface area contributed by atoms with Crippen molar-refractivity contribution < 1.29 is 5.11 Å². The van der Waals surface area contributed by atoms with E-state index < -0.39 is 6.10 Å². The molecule has 0 aliphatic carbocycles. The highest BCUT2D eigenvalue weighted by Crippen LogP contribution is 2.35. The molecule has 0 aliphatic rings. The lowest BCUT2D eigenvalue weighted by atomic mass is 9.94. The number of thiophene rings is 1. The number of hydrogen-bond acceptors (Lipinski definition) is 4. The third kappa shape index (κ3) is 2.93. The van der Waals surface area contributed by atoms with Crippen LogP contribution in [-0.4, -0.2) is 16.6 Å². The summed E-state index contributed by atoms with van der Waals surface area (Å²) in [6, 6.07) is 7.64. The fourth-order valence-electron chi connectivity index (χ4n) is 1.73. The Kier molecular flexibility index (Phi) is 4.28. The van der Waals surface area contributed by atoms with E-state index in [1.54, 1.807) is 12.4 Å². The number of aromatic nitrogens is 1. The second-order valence-electron chi connectivity index (χ2n) is 3.72. The number of halogens is 1. The molecule has 5 heteroatoms. The third-order valence-electron chi connectivity index (χ3n) is 2.63. The van der Waals surface area contributed by atoms with Crippen LogP contribution in [0.25, 0.3) is 0 Å². The van der Waals surface area contributed by atoms with Crippen molar-refractivity contribution in [3.05, 3.63) is 50.9 Å². The Hall–Kier alpha value is -0.750. The van der Waals surface area contributed by atoms with Gasteiger partial charge >= 0.3 is 0 Å². The number of rotatable bonds is 4. The molecule has 0 aromatic carbocycles. The molecule has 0 amide bonds. The van der Waals surface area contributed by atoms with E-state index in [4.69, 9.17) is 5.73 Å². The van der Waals surface area contributed by atoms with E-state index >= 15 is 0 Å². The first-order valence-corrected chi connectivity index (χ1v) is 6.86. The molecule has 0 saturated heterocycles. The zero-order valence-electron chi connectivity index (χ0n) is 9.08.